The van der Waals surface area contributed by atoms with Crippen LogP contribution in [0.2, 0.25) is 0 Å². The molecule has 0 aliphatic heterocycles. The molecule has 0 aromatic rings. The number of nitrogens with one attached hydrogen (secondary N) is 1. The number of allylic oxidation sites excluding steroid dienone is 2. The summed E-state index contributed by atoms with van der Waals surface area (Å²) in [4.78, 5) is 3.66. The van der Waals surface area contributed by atoms with Crippen LogP contribution in [0.25, 0.3) is 0 Å². The van der Waals surface area contributed by atoms with Crippen LogP contribution < -0.4 is 11.1 Å². The maximum Gasteiger partial charge on any atom is 0.152 e. The van der Waals surface area contributed by atoms with E-state index in [2.05, 4.69) is 10.3 Å². The number of aliphatic hydroxyl groups is 1. The monoisotopic (exact) mass is 179 g/mol. The van der Waals surface area contributed by atoms with E-state index in [0.29, 0.717) is 0 Å². The summed E-state index contributed by atoms with van der Waals surface area (Å²) in [6, 6.07) is 3.32. The molecule has 4 N–H and O–H groups in total. The van der Waals surface area contributed by atoms with Crippen molar-refractivity contribution in [2.75, 3.05) is 13.2 Å². The number of rotatable bonds is 4. The second-order valence-electron chi connectivity index (χ2n) is 1.92. The Labute approximate surface area is 75.6 Å². The molecule has 68 valence electrons. The lowest BCUT2D eigenvalue weighted by molar-refractivity contribution is 0.307. The Morgan fingerprint density at radius 3 is 2.69 bits per heavy atom. The lowest BCUT2D eigenvalue weighted by Gasteiger charge is -1.96. The lowest BCUT2D eigenvalue weighted by atomic mass is 10.4. The molecule has 6 heteroatoms. The van der Waals surface area contributed by atoms with Gasteiger partial charge in [0.1, 0.15) is 17.8 Å². The fourth-order valence-electron chi connectivity index (χ4n) is 0.459. The van der Waals surface area contributed by atoms with Crippen molar-refractivity contribution < 1.29 is 5.11 Å². The van der Waals surface area contributed by atoms with Crippen molar-refractivity contribution in [3.63, 3.8) is 0 Å². The largest absolute Gasteiger partial charge is 0.394 e. The summed E-state index contributed by atoms with van der Waals surface area (Å²) in [5, 5.41) is 27.6. The quantitative estimate of drug-likeness (QED) is 0.285. The predicted octanol–water partition coefficient (Wildman–Crippen LogP) is -1.19. The van der Waals surface area contributed by atoms with E-state index in [9.17, 15) is 0 Å². The fraction of sp³-hybridized carbons (Fsp3) is 0.286. The molecular formula is C7H9N5O. The van der Waals surface area contributed by atoms with Crippen molar-refractivity contribution >= 4 is 6.34 Å². The molecule has 0 rings (SSSR count). The third-order valence-corrected chi connectivity index (χ3v) is 1.03. The molecule has 0 aliphatic carbocycles. The predicted molar refractivity (Wildman–Crippen MR) is 46.0 cm³/mol. The minimum absolute atomic E-state index is 0.0517. The highest BCUT2D eigenvalue weighted by Crippen LogP contribution is 1.88. The third-order valence-electron chi connectivity index (χ3n) is 1.03. The smallest absolute Gasteiger partial charge is 0.152 e. The Hall–Kier alpha value is -2.05. The van der Waals surface area contributed by atoms with Gasteiger partial charge in [-0.1, -0.05) is 0 Å². The third kappa shape index (κ3) is 4.40. The molecule has 0 radical (unpaired) electrons. The van der Waals surface area contributed by atoms with Crippen LogP contribution in [0.4, 0.5) is 0 Å². The van der Waals surface area contributed by atoms with Crippen LogP contribution in [0.1, 0.15) is 0 Å². The summed E-state index contributed by atoms with van der Waals surface area (Å²) in [5.74, 6) is 0. The highest BCUT2D eigenvalue weighted by molar-refractivity contribution is 5.60. The van der Waals surface area contributed by atoms with Gasteiger partial charge in [-0.2, -0.15) is 10.5 Å². The maximum atomic E-state index is 8.47. The number of aliphatic hydroxyl groups excluding tert-OH is 1. The molecule has 0 saturated heterocycles. The molecule has 0 atom stereocenters. The van der Waals surface area contributed by atoms with Crippen LogP contribution in [0.15, 0.2) is 16.4 Å². The summed E-state index contributed by atoms with van der Waals surface area (Å²) in [7, 11) is 0. The van der Waals surface area contributed by atoms with Crippen LogP contribution in [0.5, 0.6) is 0 Å². The Morgan fingerprint density at radius 2 is 2.23 bits per heavy atom. The molecule has 0 heterocycles. The first-order chi connectivity index (χ1) is 6.26. The first-order valence-corrected chi connectivity index (χ1v) is 3.42. The van der Waals surface area contributed by atoms with E-state index >= 15 is 0 Å². The topological polar surface area (TPSA) is 118 Å². The van der Waals surface area contributed by atoms with Crippen LogP contribution in [-0.4, -0.2) is 24.6 Å². The van der Waals surface area contributed by atoms with Crippen molar-refractivity contribution in [1.29, 1.82) is 10.5 Å². The summed E-state index contributed by atoms with van der Waals surface area (Å²) in [5.41, 5.74) is 4.92. The molecule has 0 amide bonds. The van der Waals surface area contributed by atoms with Gasteiger partial charge in [-0.3, -0.25) is 4.99 Å². The number of nitriles is 2. The molecule has 0 unspecified atom stereocenters. The van der Waals surface area contributed by atoms with Gasteiger partial charge in [0, 0.05) is 0 Å². The van der Waals surface area contributed by atoms with E-state index in [1.165, 1.54) is 6.34 Å². The van der Waals surface area contributed by atoms with E-state index in [-0.39, 0.29) is 24.5 Å². The molecule has 0 fully saturated rings. The Bertz CT molecular complexity index is 293. The average Bonchev–Trinajstić information content (AvgIpc) is 2.17. The Morgan fingerprint density at radius 1 is 1.54 bits per heavy atom. The van der Waals surface area contributed by atoms with Gasteiger partial charge in [0.2, 0.25) is 0 Å². The van der Waals surface area contributed by atoms with Gasteiger partial charge in [0.05, 0.1) is 19.5 Å². The normalized spacial score (nSPS) is 11.6. The Kier molecular flexibility index (Phi) is 5.60. The molecule has 0 aromatic heterocycles. The first-order valence-electron chi connectivity index (χ1n) is 3.42. The van der Waals surface area contributed by atoms with Crippen molar-refractivity contribution in [3.05, 3.63) is 11.4 Å². The van der Waals surface area contributed by atoms with E-state index in [0.717, 1.165) is 0 Å². The van der Waals surface area contributed by atoms with E-state index in [4.69, 9.17) is 21.4 Å². The summed E-state index contributed by atoms with van der Waals surface area (Å²) in [6.45, 7) is 0.162. The number of nitrogens with two attached hydrogens (primary N) is 1. The van der Waals surface area contributed by atoms with Crippen LogP contribution in [-0.2, 0) is 0 Å². The molecule has 0 bridgehead atoms. The van der Waals surface area contributed by atoms with Crippen molar-refractivity contribution in [2.45, 2.75) is 0 Å². The van der Waals surface area contributed by atoms with Crippen LogP contribution in [0.3, 0.4) is 0 Å². The molecule has 0 aliphatic rings. The van der Waals surface area contributed by atoms with Gasteiger partial charge in [-0.15, -0.1) is 0 Å². The van der Waals surface area contributed by atoms with Gasteiger partial charge < -0.3 is 16.2 Å². The summed E-state index contributed by atoms with van der Waals surface area (Å²) < 4.78 is 0. The fourth-order valence-corrected chi connectivity index (χ4v) is 0.459. The highest BCUT2D eigenvalue weighted by Gasteiger charge is 1.97. The second kappa shape index (κ2) is 6.65. The van der Waals surface area contributed by atoms with Gasteiger partial charge in [0.15, 0.2) is 5.70 Å². The maximum absolute atomic E-state index is 8.47. The SMILES string of the molecule is N#C/C(N)=C(/C#N)NC=NCCO. The van der Waals surface area contributed by atoms with Gasteiger partial charge in [0.25, 0.3) is 0 Å². The zero-order valence-electron chi connectivity index (χ0n) is 6.86. The number of aliphatic imine (C=N–C) groups is 1. The van der Waals surface area contributed by atoms with Crippen LogP contribution in [0, 0.1) is 22.7 Å². The molecular weight excluding hydrogens is 170 g/mol. The van der Waals surface area contributed by atoms with E-state index in [1.807, 2.05) is 0 Å². The molecule has 6 nitrogen and oxygen atoms in total. The second-order valence-corrected chi connectivity index (χ2v) is 1.92. The molecule has 13 heavy (non-hydrogen) atoms. The highest BCUT2D eigenvalue weighted by atomic mass is 16.3. The molecule has 0 aromatic carbocycles. The van der Waals surface area contributed by atoms with Crippen LogP contribution >= 0.6 is 0 Å². The summed E-state index contributed by atoms with van der Waals surface area (Å²) >= 11 is 0. The minimum atomic E-state index is -0.196. The van der Waals surface area contributed by atoms with Crippen molar-refractivity contribution in [2.24, 2.45) is 10.7 Å². The minimum Gasteiger partial charge on any atom is -0.394 e. The standard InChI is InChI=1S/C7H9N5O/c8-3-6(10)7(4-9)12-5-11-1-2-13/h5,13H,1-2,10H2,(H,11,12)/b7-6+. The zero-order chi connectivity index (χ0) is 10.1. The van der Waals surface area contributed by atoms with Crippen molar-refractivity contribution in [3.8, 4) is 12.1 Å². The lowest BCUT2D eigenvalue weighted by Crippen LogP contribution is -2.15. The molecule has 0 saturated carbocycles. The van der Waals surface area contributed by atoms with E-state index in [1.54, 1.807) is 12.1 Å². The van der Waals surface area contributed by atoms with Gasteiger partial charge >= 0.3 is 0 Å². The van der Waals surface area contributed by atoms with E-state index < -0.39 is 0 Å². The average molecular weight is 179 g/mol. The Balaban J connectivity index is 4.20. The summed E-state index contributed by atoms with van der Waals surface area (Å²) in [6.07, 6.45) is 1.21. The number of hydrogen-bond acceptors (Lipinski definition) is 5. The number of hydrogen-bond donors (Lipinski definition) is 3. The van der Waals surface area contributed by atoms with Gasteiger partial charge in [-0.05, 0) is 0 Å². The zero-order valence-corrected chi connectivity index (χ0v) is 6.86. The first kappa shape index (κ1) is 11.0. The van der Waals surface area contributed by atoms with Gasteiger partial charge in [-0.25, -0.2) is 0 Å². The number of nitrogens with zero attached hydrogens (tertiary/aromatic N) is 3. The molecule has 0 spiro atoms. The van der Waals surface area contributed by atoms with Crippen molar-refractivity contribution in [1.82, 2.24) is 5.32 Å².